The van der Waals surface area contributed by atoms with Crippen LogP contribution in [0.1, 0.15) is 56.9 Å². The molecule has 0 aromatic carbocycles. The van der Waals surface area contributed by atoms with Gasteiger partial charge in [-0.05, 0) is 115 Å². The Morgan fingerprint density at radius 1 is 0.340 bits per heavy atom. The Hall–Kier alpha value is -6.15. The third kappa shape index (κ3) is 5.96. The summed E-state index contributed by atoms with van der Waals surface area (Å²) in [6, 6.07) is 36.2. The van der Waals surface area contributed by atoms with Gasteiger partial charge < -0.3 is 34.9 Å². The minimum Gasteiger partial charge on any atom is -0.362 e. The molecule has 0 saturated carbocycles. The van der Waals surface area contributed by atoms with Crippen LogP contribution in [0.2, 0.25) is 0 Å². The summed E-state index contributed by atoms with van der Waals surface area (Å²) < 4.78 is 0. The average Bonchev–Trinajstić information content (AvgIpc) is 3.88. The molecule has 0 atom stereocenters. The predicted molar refractivity (Wildman–Crippen MR) is 190 cm³/mol. The highest BCUT2D eigenvalue weighted by Gasteiger charge is 2.09. The van der Waals surface area contributed by atoms with Gasteiger partial charge in [0.1, 0.15) is 0 Å². The van der Waals surface area contributed by atoms with E-state index in [1.54, 1.807) is 0 Å². The number of nitrogens with one attached hydrogen (secondary N) is 7. The molecule has 47 heavy (non-hydrogen) atoms. The molecule has 10 heterocycles. The average molecular weight is 615 g/mol. The van der Waals surface area contributed by atoms with Crippen LogP contribution in [0.3, 0.4) is 0 Å². The van der Waals surface area contributed by atoms with Crippen molar-refractivity contribution in [1.82, 2.24) is 39.9 Å². The van der Waals surface area contributed by atoms with Crippen molar-refractivity contribution in [2.24, 2.45) is 0 Å². The molecule has 10 rings (SSSR count). The molecule has 0 radical (unpaired) electrons. The van der Waals surface area contributed by atoms with E-state index in [9.17, 15) is 0 Å². The Labute approximate surface area is 270 Å². The molecule has 2 aliphatic rings. The topological polar surface area (TPSA) is 123 Å². The number of H-pyrrole nitrogens is 7. The van der Waals surface area contributed by atoms with Crippen LogP contribution in [0.25, 0.3) is 45.3 Å². The van der Waals surface area contributed by atoms with Gasteiger partial charge in [-0.15, -0.1) is 0 Å². The van der Waals surface area contributed by atoms with Crippen LogP contribution in [-0.4, -0.2) is 39.9 Å². The molecule has 8 aromatic heterocycles. The van der Waals surface area contributed by atoms with Gasteiger partial charge in [0.05, 0.1) is 16.9 Å². The summed E-state index contributed by atoms with van der Waals surface area (Å²) in [5.74, 6) is 0. The number of rotatable bonds is 0. The summed E-state index contributed by atoms with van der Waals surface area (Å²) in [5.41, 5.74) is 18.2. The molecule has 0 aliphatic carbocycles. The van der Waals surface area contributed by atoms with E-state index in [1.807, 2.05) is 12.2 Å². The molecule has 7 N–H and O–H groups in total. The summed E-state index contributed by atoms with van der Waals surface area (Å²) in [5, 5.41) is 0. The largest absolute Gasteiger partial charge is 0.362 e. The standard InChI is InChI=1S/C20H20N4.C19H14N4/c1-2-14-10-16-5-6-18(23-16)12-20-8-7-19(24-20)11-17-4-3-15(22-17)9-13(1)21-14;1-3-14-10-16-5-7-18(22-16)19-8-6-17(23-19)11-15-4-2-13(21-15)9-12(1)20-14/h1-8,21-24H,9-12H2;1-11,20-22H. The maximum Gasteiger partial charge on any atom is 0.0872 e. The van der Waals surface area contributed by atoms with Gasteiger partial charge in [-0.25, -0.2) is 4.98 Å². The van der Waals surface area contributed by atoms with Crippen LogP contribution in [0.5, 0.6) is 0 Å². The lowest BCUT2D eigenvalue weighted by molar-refractivity contribution is 0.947. The van der Waals surface area contributed by atoms with Crippen molar-refractivity contribution in [3.63, 3.8) is 0 Å². The van der Waals surface area contributed by atoms with Crippen molar-refractivity contribution in [3.8, 4) is 0 Å². The number of nitrogens with zero attached hydrogens (tertiary/aromatic N) is 1. The molecule has 2 aliphatic heterocycles. The highest BCUT2D eigenvalue weighted by molar-refractivity contribution is 5.81. The van der Waals surface area contributed by atoms with Crippen molar-refractivity contribution in [3.05, 3.63) is 160 Å². The van der Waals surface area contributed by atoms with Crippen LogP contribution < -0.4 is 0 Å². The van der Waals surface area contributed by atoms with Gasteiger partial charge >= 0.3 is 0 Å². The maximum atomic E-state index is 4.68. The van der Waals surface area contributed by atoms with Crippen LogP contribution in [0, 0.1) is 0 Å². The zero-order valence-electron chi connectivity index (χ0n) is 25.7. The van der Waals surface area contributed by atoms with Gasteiger partial charge in [-0.1, -0.05) is 0 Å². The molecule has 8 heteroatoms. The fourth-order valence-corrected chi connectivity index (χ4v) is 6.55. The predicted octanol–water partition coefficient (Wildman–Crippen LogP) is 8.37. The SMILES string of the molecule is C1=Cc2nc1cc1ccc(cc3ccc(cc4ccc2[nH]4)[nH]3)[nH]1.c1cc2[nH]c1Cc1ccc([nH]1)Cc1ccc([nH]1)Cc1ccc([nH]1)C2. The second-order valence-corrected chi connectivity index (χ2v) is 12.5. The first kappa shape index (κ1) is 27.2. The molecule has 230 valence electrons. The minimum absolute atomic E-state index is 0.909. The molecular formula is C39H34N8. The monoisotopic (exact) mass is 614 g/mol. The molecule has 8 nitrogen and oxygen atoms in total. The van der Waals surface area contributed by atoms with Crippen LogP contribution in [0.15, 0.2) is 103 Å². The molecule has 0 spiro atoms. The van der Waals surface area contributed by atoms with Crippen LogP contribution in [-0.2, 0) is 25.7 Å². The lowest BCUT2D eigenvalue weighted by atomic mass is 10.2. The molecule has 0 amide bonds. The first-order valence-electron chi connectivity index (χ1n) is 16.0. The van der Waals surface area contributed by atoms with Crippen molar-refractivity contribution >= 4 is 45.3 Å². The van der Waals surface area contributed by atoms with Crippen molar-refractivity contribution < 1.29 is 0 Å². The smallest absolute Gasteiger partial charge is 0.0872 e. The van der Waals surface area contributed by atoms with E-state index >= 15 is 0 Å². The Morgan fingerprint density at radius 2 is 0.702 bits per heavy atom. The Bertz CT molecular complexity index is 2270. The highest BCUT2D eigenvalue weighted by atomic mass is 14.8. The minimum atomic E-state index is 0.909. The Balaban J connectivity index is 0.000000129. The highest BCUT2D eigenvalue weighted by Crippen LogP contribution is 2.20. The zero-order chi connectivity index (χ0) is 31.2. The van der Waals surface area contributed by atoms with Gasteiger partial charge in [0.15, 0.2) is 0 Å². The molecule has 0 saturated heterocycles. The maximum absolute atomic E-state index is 4.68. The van der Waals surface area contributed by atoms with Crippen molar-refractivity contribution in [2.75, 3.05) is 0 Å². The summed E-state index contributed by atoms with van der Waals surface area (Å²) in [4.78, 5) is 29.1. The van der Waals surface area contributed by atoms with E-state index in [1.165, 1.54) is 45.6 Å². The normalized spacial score (nSPS) is 13.1. The molecule has 16 bridgehead atoms. The summed E-state index contributed by atoms with van der Waals surface area (Å²) in [6.45, 7) is 0. The van der Waals surface area contributed by atoms with E-state index in [2.05, 4.69) is 143 Å². The van der Waals surface area contributed by atoms with E-state index in [-0.39, 0.29) is 0 Å². The molecule has 0 fully saturated rings. The quantitative estimate of drug-likeness (QED) is 0.0912. The first-order chi connectivity index (χ1) is 23.1. The Morgan fingerprint density at radius 3 is 1.13 bits per heavy atom. The summed E-state index contributed by atoms with van der Waals surface area (Å²) in [7, 11) is 0. The van der Waals surface area contributed by atoms with E-state index < -0.39 is 0 Å². The van der Waals surface area contributed by atoms with Gasteiger partial charge in [0.2, 0.25) is 0 Å². The second-order valence-electron chi connectivity index (χ2n) is 12.5. The number of hydrogen-bond acceptors (Lipinski definition) is 1. The van der Waals surface area contributed by atoms with Crippen molar-refractivity contribution in [1.29, 1.82) is 0 Å². The van der Waals surface area contributed by atoms with Gasteiger partial charge in [-0.3, -0.25) is 0 Å². The second kappa shape index (κ2) is 11.3. The van der Waals surface area contributed by atoms with E-state index in [4.69, 9.17) is 0 Å². The summed E-state index contributed by atoms with van der Waals surface area (Å²) in [6.07, 6.45) is 7.71. The van der Waals surface area contributed by atoms with Gasteiger partial charge in [0, 0.05) is 98.8 Å². The number of aromatic amines is 7. The molecular weight excluding hydrogens is 580 g/mol. The molecule has 8 aromatic rings. The van der Waals surface area contributed by atoms with Crippen molar-refractivity contribution in [2.45, 2.75) is 25.7 Å². The fraction of sp³-hybridized carbons (Fsp3) is 0.103. The number of hydrogen-bond donors (Lipinski definition) is 7. The number of aromatic nitrogens is 8. The lowest BCUT2D eigenvalue weighted by Crippen LogP contribution is -1.96. The third-order valence-electron chi connectivity index (χ3n) is 8.78. The van der Waals surface area contributed by atoms with Crippen LogP contribution in [0.4, 0.5) is 0 Å². The lowest BCUT2D eigenvalue weighted by Gasteiger charge is -2.01. The van der Waals surface area contributed by atoms with E-state index in [0.717, 1.165) is 70.2 Å². The van der Waals surface area contributed by atoms with Crippen LogP contribution >= 0.6 is 0 Å². The van der Waals surface area contributed by atoms with Gasteiger partial charge in [0.25, 0.3) is 0 Å². The Kier molecular flexibility index (Phi) is 6.56. The summed E-state index contributed by atoms with van der Waals surface area (Å²) >= 11 is 0. The van der Waals surface area contributed by atoms with Gasteiger partial charge in [-0.2, -0.15) is 0 Å². The zero-order valence-corrected chi connectivity index (χ0v) is 25.7. The molecule has 0 unspecified atom stereocenters. The third-order valence-corrected chi connectivity index (χ3v) is 8.78. The fourth-order valence-electron chi connectivity index (χ4n) is 6.55. The van der Waals surface area contributed by atoms with E-state index in [0.29, 0.717) is 0 Å². The number of fused-ring (bicyclic) bond motifs is 17. The first-order valence-corrected chi connectivity index (χ1v) is 16.0.